The highest BCUT2D eigenvalue weighted by molar-refractivity contribution is 7.10. The van der Waals surface area contributed by atoms with Crippen molar-refractivity contribution >= 4 is 23.1 Å². The highest BCUT2D eigenvalue weighted by atomic mass is 32.1. The van der Waals surface area contributed by atoms with E-state index in [-0.39, 0.29) is 11.7 Å². The van der Waals surface area contributed by atoms with E-state index < -0.39 is 0 Å². The van der Waals surface area contributed by atoms with Gasteiger partial charge < -0.3 is 4.90 Å². The SMILES string of the molecule is O=C1CC(c2cccs2)Cc2nc(N3CCN(Cc4ccccc4)CC3)ncc21. The molecule has 2 aromatic heterocycles. The van der Waals surface area contributed by atoms with Crippen molar-refractivity contribution < 1.29 is 4.79 Å². The smallest absolute Gasteiger partial charge is 0.225 e. The fraction of sp³-hybridized carbons (Fsp3) is 0.348. The number of fused-ring (bicyclic) bond motifs is 1. The van der Waals surface area contributed by atoms with Crippen molar-refractivity contribution in [1.82, 2.24) is 14.9 Å². The maximum Gasteiger partial charge on any atom is 0.225 e. The van der Waals surface area contributed by atoms with E-state index in [1.54, 1.807) is 17.5 Å². The van der Waals surface area contributed by atoms with Crippen LogP contribution in [0.15, 0.2) is 54.0 Å². The average Bonchev–Trinajstić information content (AvgIpc) is 3.30. The molecule has 1 atom stereocenters. The van der Waals surface area contributed by atoms with Crippen molar-refractivity contribution in [3.8, 4) is 0 Å². The molecule has 148 valence electrons. The molecule has 1 unspecified atom stereocenters. The molecule has 1 aliphatic heterocycles. The van der Waals surface area contributed by atoms with Crippen molar-refractivity contribution in [2.45, 2.75) is 25.3 Å². The monoisotopic (exact) mass is 404 g/mol. The molecule has 29 heavy (non-hydrogen) atoms. The van der Waals surface area contributed by atoms with Crippen LogP contribution in [0.25, 0.3) is 0 Å². The Morgan fingerprint density at radius 1 is 1.00 bits per heavy atom. The highest BCUT2D eigenvalue weighted by Crippen LogP contribution is 2.34. The molecule has 1 aliphatic carbocycles. The van der Waals surface area contributed by atoms with Crippen molar-refractivity contribution in [2.75, 3.05) is 31.1 Å². The molecule has 6 heteroatoms. The number of anilines is 1. The molecule has 0 spiro atoms. The number of aromatic nitrogens is 2. The van der Waals surface area contributed by atoms with Crippen molar-refractivity contribution in [3.63, 3.8) is 0 Å². The van der Waals surface area contributed by atoms with Crippen LogP contribution in [0.1, 0.15) is 38.8 Å². The topological polar surface area (TPSA) is 49.3 Å². The van der Waals surface area contributed by atoms with E-state index in [9.17, 15) is 4.79 Å². The molecule has 0 saturated carbocycles. The Labute approximate surface area is 175 Å². The number of benzene rings is 1. The van der Waals surface area contributed by atoms with Gasteiger partial charge in [-0.2, -0.15) is 0 Å². The lowest BCUT2D eigenvalue weighted by molar-refractivity contribution is 0.0963. The summed E-state index contributed by atoms with van der Waals surface area (Å²) in [5.74, 6) is 1.19. The third-order valence-electron chi connectivity index (χ3n) is 5.88. The standard InChI is InChI=1S/C23H24N4OS/c28-21-14-18(22-7-4-12-29-22)13-20-19(21)15-24-23(25-20)27-10-8-26(9-11-27)16-17-5-2-1-3-6-17/h1-7,12,15,18H,8-11,13-14,16H2. The Bertz CT molecular complexity index is 981. The lowest BCUT2D eigenvalue weighted by Gasteiger charge is -2.35. The van der Waals surface area contributed by atoms with E-state index in [0.717, 1.165) is 50.8 Å². The zero-order chi connectivity index (χ0) is 19.6. The van der Waals surface area contributed by atoms with Gasteiger partial charge in [-0.1, -0.05) is 36.4 Å². The van der Waals surface area contributed by atoms with Crippen molar-refractivity contribution in [3.05, 3.63) is 75.7 Å². The summed E-state index contributed by atoms with van der Waals surface area (Å²) in [5, 5.41) is 2.08. The van der Waals surface area contributed by atoms with Crippen LogP contribution in [0.4, 0.5) is 5.95 Å². The Balaban J connectivity index is 1.27. The third kappa shape index (κ3) is 3.95. The molecular weight excluding hydrogens is 380 g/mol. The Kier molecular flexibility index (Phi) is 5.12. The van der Waals surface area contributed by atoms with Crippen LogP contribution >= 0.6 is 11.3 Å². The van der Waals surface area contributed by atoms with Crippen LogP contribution in [0.2, 0.25) is 0 Å². The molecule has 1 aromatic carbocycles. The lowest BCUT2D eigenvalue weighted by Crippen LogP contribution is -2.46. The number of ketones is 1. The highest BCUT2D eigenvalue weighted by Gasteiger charge is 2.29. The molecular formula is C23H24N4OS. The van der Waals surface area contributed by atoms with E-state index >= 15 is 0 Å². The summed E-state index contributed by atoms with van der Waals surface area (Å²) < 4.78 is 0. The third-order valence-corrected chi connectivity index (χ3v) is 6.91. The van der Waals surface area contributed by atoms with Crippen LogP contribution in [-0.4, -0.2) is 46.8 Å². The Morgan fingerprint density at radius 2 is 1.83 bits per heavy atom. The first-order chi connectivity index (χ1) is 14.3. The fourth-order valence-electron chi connectivity index (χ4n) is 4.26. The summed E-state index contributed by atoms with van der Waals surface area (Å²) in [6.07, 6.45) is 3.14. The molecule has 0 radical (unpaired) electrons. The van der Waals surface area contributed by atoms with E-state index in [0.29, 0.717) is 12.0 Å². The predicted octanol–water partition coefficient (Wildman–Crippen LogP) is 3.77. The van der Waals surface area contributed by atoms with E-state index in [4.69, 9.17) is 4.98 Å². The number of hydrogen-bond acceptors (Lipinski definition) is 6. The van der Waals surface area contributed by atoms with Crippen LogP contribution in [0.3, 0.4) is 0 Å². The molecule has 1 fully saturated rings. The number of piperazine rings is 1. The second kappa shape index (κ2) is 8.05. The van der Waals surface area contributed by atoms with Crippen molar-refractivity contribution in [1.29, 1.82) is 0 Å². The number of hydrogen-bond donors (Lipinski definition) is 0. The van der Waals surface area contributed by atoms with Gasteiger partial charge in [0.1, 0.15) is 0 Å². The minimum Gasteiger partial charge on any atom is -0.338 e. The molecule has 0 amide bonds. The largest absolute Gasteiger partial charge is 0.338 e. The molecule has 0 N–H and O–H groups in total. The van der Waals surface area contributed by atoms with Gasteiger partial charge in [-0.05, 0) is 23.4 Å². The van der Waals surface area contributed by atoms with Gasteiger partial charge in [-0.3, -0.25) is 9.69 Å². The van der Waals surface area contributed by atoms with Crippen LogP contribution in [-0.2, 0) is 13.0 Å². The maximum absolute atomic E-state index is 12.6. The number of carbonyl (C=O) groups excluding carboxylic acids is 1. The fourth-order valence-corrected chi connectivity index (χ4v) is 5.09. The number of rotatable bonds is 4. The normalized spacial score (nSPS) is 19.9. The van der Waals surface area contributed by atoms with Gasteiger partial charge >= 0.3 is 0 Å². The quantitative estimate of drug-likeness (QED) is 0.662. The Hall–Kier alpha value is -2.57. The minimum atomic E-state index is 0.170. The molecule has 0 bridgehead atoms. The van der Waals surface area contributed by atoms with Gasteiger partial charge in [0.25, 0.3) is 0 Å². The number of nitrogens with zero attached hydrogens (tertiary/aromatic N) is 4. The maximum atomic E-state index is 12.6. The van der Waals surface area contributed by atoms with Crippen LogP contribution in [0.5, 0.6) is 0 Å². The van der Waals surface area contributed by atoms with Gasteiger partial charge in [0, 0.05) is 56.1 Å². The van der Waals surface area contributed by atoms with Gasteiger partial charge in [0.05, 0.1) is 11.3 Å². The second-order valence-electron chi connectivity index (χ2n) is 7.82. The molecule has 3 aromatic rings. The molecule has 1 saturated heterocycles. The molecule has 3 heterocycles. The zero-order valence-corrected chi connectivity index (χ0v) is 17.1. The number of carbonyl (C=O) groups is 1. The number of thiophene rings is 1. The van der Waals surface area contributed by atoms with Gasteiger partial charge in [-0.25, -0.2) is 9.97 Å². The first kappa shape index (κ1) is 18.5. The summed E-state index contributed by atoms with van der Waals surface area (Å²) >= 11 is 1.73. The van der Waals surface area contributed by atoms with E-state index in [2.05, 4.69) is 62.6 Å². The van der Waals surface area contributed by atoms with E-state index in [1.165, 1.54) is 10.4 Å². The zero-order valence-electron chi connectivity index (χ0n) is 16.3. The van der Waals surface area contributed by atoms with E-state index in [1.807, 2.05) is 0 Å². The average molecular weight is 405 g/mol. The van der Waals surface area contributed by atoms with Gasteiger partial charge in [0.2, 0.25) is 5.95 Å². The van der Waals surface area contributed by atoms with Crippen LogP contribution < -0.4 is 4.90 Å². The summed E-state index contributed by atoms with van der Waals surface area (Å²) in [6.45, 7) is 4.79. The predicted molar refractivity (Wildman–Crippen MR) is 116 cm³/mol. The lowest BCUT2D eigenvalue weighted by atomic mass is 9.86. The Morgan fingerprint density at radius 3 is 2.59 bits per heavy atom. The molecule has 2 aliphatic rings. The van der Waals surface area contributed by atoms with Crippen LogP contribution in [0, 0.1) is 0 Å². The summed E-state index contributed by atoms with van der Waals surface area (Å²) in [5.41, 5.74) is 2.98. The van der Waals surface area contributed by atoms with Gasteiger partial charge in [0.15, 0.2) is 5.78 Å². The summed E-state index contributed by atoms with van der Waals surface area (Å²) in [7, 11) is 0. The number of Topliss-reactive ketones (excluding diaryl/α,β-unsaturated/α-hetero) is 1. The summed E-state index contributed by atoms with van der Waals surface area (Å²) in [6, 6.07) is 14.8. The van der Waals surface area contributed by atoms with Crippen molar-refractivity contribution in [2.24, 2.45) is 0 Å². The second-order valence-corrected chi connectivity index (χ2v) is 8.80. The molecule has 5 rings (SSSR count). The first-order valence-corrected chi connectivity index (χ1v) is 11.1. The molecule has 5 nitrogen and oxygen atoms in total. The minimum absolute atomic E-state index is 0.170. The van der Waals surface area contributed by atoms with Gasteiger partial charge in [-0.15, -0.1) is 11.3 Å². The first-order valence-electron chi connectivity index (χ1n) is 10.2. The summed E-state index contributed by atoms with van der Waals surface area (Å²) in [4.78, 5) is 28.0.